The molecule has 3 aliphatic rings. The maximum Gasteiger partial charge on any atom is 0.229 e. The Labute approximate surface area is 215 Å². The van der Waals surface area contributed by atoms with Crippen molar-refractivity contribution in [3.05, 3.63) is 52.9 Å². The van der Waals surface area contributed by atoms with Gasteiger partial charge in [-0.15, -0.1) is 0 Å². The third-order valence-electron chi connectivity index (χ3n) is 8.37. The minimum Gasteiger partial charge on any atom is -0.389 e. The first kappa shape index (κ1) is 23.9. The molecule has 4 heterocycles. The quantitative estimate of drug-likeness (QED) is 0.545. The molecule has 2 aromatic heterocycles. The van der Waals surface area contributed by atoms with Crippen molar-refractivity contribution in [1.82, 2.24) is 19.7 Å². The Bertz CT molecular complexity index is 1300. The number of halogens is 1. The molecule has 36 heavy (non-hydrogen) atoms. The van der Waals surface area contributed by atoms with Crippen molar-refractivity contribution in [3.63, 3.8) is 0 Å². The summed E-state index contributed by atoms with van der Waals surface area (Å²) in [6.07, 6.45) is 5.99. The van der Waals surface area contributed by atoms with Crippen molar-refractivity contribution in [2.45, 2.75) is 49.7 Å². The zero-order valence-electron chi connectivity index (χ0n) is 20.7. The highest BCUT2D eigenvalue weighted by atomic mass is 35.5. The number of hydrogen-bond donors (Lipinski definition) is 2. The molecule has 0 radical (unpaired) electrons. The number of aryl methyl sites for hydroxylation is 1. The molecular formula is C27H32ClN5O3. The average Bonchev–Trinajstić information content (AvgIpc) is 3.44. The molecule has 3 aromatic rings. The van der Waals surface area contributed by atoms with E-state index in [1.807, 2.05) is 31.4 Å². The minimum atomic E-state index is -0.450. The van der Waals surface area contributed by atoms with Crippen LogP contribution in [-0.2, 0) is 16.6 Å². The molecule has 8 nitrogen and oxygen atoms in total. The Balaban J connectivity index is 1.15. The summed E-state index contributed by atoms with van der Waals surface area (Å²) in [5.41, 5.74) is 1.80. The molecule has 1 aliphatic carbocycles. The predicted octanol–water partition coefficient (Wildman–Crippen LogP) is 3.69. The molecule has 2 N–H and O–H groups in total. The van der Waals surface area contributed by atoms with Gasteiger partial charge < -0.3 is 15.2 Å². The maximum absolute atomic E-state index is 12.8. The number of nitrogens with one attached hydrogen (secondary N) is 1. The first-order chi connectivity index (χ1) is 17.3. The van der Waals surface area contributed by atoms with Gasteiger partial charge in [0.2, 0.25) is 5.91 Å². The third-order valence-corrected chi connectivity index (χ3v) is 8.70. The summed E-state index contributed by atoms with van der Waals surface area (Å²) in [6, 6.07) is 8.04. The number of aromatic nitrogens is 3. The second-order valence-corrected chi connectivity index (χ2v) is 11.2. The molecule has 0 unspecified atom stereocenters. The lowest BCUT2D eigenvalue weighted by Crippen LogP contribution is -2.56. The van der Waals surface area contributed by atoms with Crippen LogP contribution in [0.1, 0.15) is 49.3 Å². The minimum absolute atomic E-state index is 0.00867. The van der Waals surface area contributed by atoms with Crippen LogP contribution in [0.15, 0.2) is 36.7 Å². The second-order valence-electron chi connectivity index (χ2n) is 10.8. The van der Waals surface area contributed by atoms with Crippen molar-refractivity contribution < 1.29 is 14.6 Å². The van der Waals surface area contributed by atoms with Crippen LogP contribution in [0.5, 0.6) is 0 Å². The number of aliphatic hydroxyl groups is 1. The Hall–Kier alpha value is -2.52. The summed E-state index contributed by atoms with van der Waals surface area (Å²) in [4.78, 5) is 19.6. The summed E-state index contributed by atoms with van der Waals surface area (Å²) in [7, 11) is 1.89. The van der Waals surface area contributed by atoms with E-state index >= 15 is 0 Å². The molecule has 9 heteroatoms. The standard InChI is InChI=1S/C27H32ClN5O3/c1-27(15-36-14-24(27)34)33-7-3-16(4-8-33)19-9-17-11-25(29-13-18(17)10-22(19)28)30-26(35)21-12-20(21)23-5-6-32(2)31-23/h5-6,9-11,13,16,20-21,24,34H,3-4,7-8,12,14-15H2,1-2H3,(H,29,30,35)/t20-,21-,24+,27-/m0/s1. The maximum atomic E-state index is 12.8. The van der Waals surface area contributed by atoms with Gasteiger partial charge in [0.25, 0.3) is 0 Å². The van der Waals surface area contributed by atoms with Gasteiger partial charge in [0, 0.05) is 41.7 Å². The van der Waals surface area contributed by atoms with E-state index in [0.717, 1.165) is 59.4 Å². The summed E-state index contributed by atoms with van der Waals surface area (Å²) < 4.78 is 7.31. The summed E-state index contributed by atoms with van der Waals surface area (Å²) in [5, 5.41) is 20.6. The molecule has 1 amide bonds. The molecule has 2 saturated heterocycles. The van der Waals surface area contributed by atoms with Gasteiger partial charge in [0.1, 0.15) is 5.82 Å². The normalized spacial score (nSPS) is 29.1. The third kappa shape index (κ3) is 4.30. The number of hydrogen-bond acceptors (Lipinski definition) is 6. The molecule has 0 bridgehead atoms. The number of fused-ring (bicyclic) bond motifs is 1. The SMILES string of the molecule is Cn1ccc([C@H]2C[C@@H]2C(=O)Nc2cc3cc(C4CCN([C@@]5(C)COC[C@H]5O)CC4)c(Cl)cc3cn2)n1. The van der Waals surface area contributed by atoms with Gasteiger partial charge in [0.05, 0.1) is 30.6 Å². The van der Waals surface area contributed by atoms with Crippen LogP contribution < -0.4 is 5.32 Å². The van der Waals surface area contributed by atoms with Crippen molar-refractivity contribution >= 4 is 34.1 Å². The van der Waals surface area contributed by atoms with Crippen LogP contribution in [0.25, 0.3) is 10.8 Å². The molecular weight excluding hydrogens is 478 g/mol. The smallest absolute Gasteiger partial charge is 0.229 e. The van der Waals surface area contributed by atoms with Crippen LogP contribution in [0.2, 0.25) is 5.02 Å². The fourth-order valence-corrected chi connectivity index (χ4v) is 6.21. The van der Waals surface area contributed by atoms with Crippen molar-refractivity contribution in [1.29, 1.82) is 0 Å². The first-order valence-corrected chi connectivity index (χ1v) is 13.1. The lowest BCUT2D eigenvalue weighted by molar-refractivity contribution is -0.117. The number of likely N-dealkylation sites (tertiary alicyclic amines) is 1. The zero-order chi connectivity index (χ0) is 25.0. The van der Waals surface area contributed by atoms with Crippen LogP contribution in [0.3, 0.4) is 0 Å². The molecule has 4 atom stereocenters. The number of ether oxygens (including phenoxy) is 1. The number of benzene rings is 1. The molecule has 0 spiro atoms. The van der Waals surface area contributed by atoms with Crippen molar-refractivity contribution in [3.8, 4) is 0 Å². The fourth-order valence-electron chi connectivity index (χ4n) is 5.88. The number of pyridine rings is 1. The van der Waals surface area contributed by atoms with E-state index in [1.165, 1.54) is 0 Å². The van der Waals surface area contributed by atoms with E-state index in [1.54, 1.807) is 10.9 Å². The van der Waals surface area contributed by atoms with E-state index in [0.29, 0.717) is 24.9 Å². The predicted molar refractivity (Wildman–Crippen MR) is 138 cm³/mol. The highest BCUT2D eigenvalue weighted by molar-refractivity contribution is 6.32. The number of carbonyl (C=O) groups excluding carboxylic acids is 1. The highest BCUT2D eigenvalue weighted by Gasteiger charge is 2.46. The highest BCUT2D eigenvalue weighted by Crippen LogP contribution is 2.47. The molecule has 3 fully saturated rings. The van der Waals surface area contributed by atoms with Gasteiger partial charge in [-0.25, -0.2) is 4.98 Å². The number of rotatable bonds is 5. The Kier molecular flexibility index (Phi) is 6.03. The number of amides is 1. The van der Waals surface area contributed by atoms with Crippen LogP contribution in [0, 0.1) is 5.92 Å². The number of anilines is 1. The topological polar surface area (TPSA) is 92.5 Å². The number of carbonyl (C=O) groups is 1. The molecule has 1 aromatic carbocycles. The molecule has 190 valence electrons. The number of nitrogens with zero attached hydrogens (tertiary/aromatic N) is 4. The average molecular weight is 510 g/mol. The number of aliphatic hydroxyl groups excluding tert-OH is 1. The van der Waals surface area contributed by atoms with Crippen LogP contribution in [-0.4, -0.2) is 68.6 Å². The molecule has 1 saturated carbocycles. The zero-order valence-corrected chi connectivity index (χ0v) is 21.4. The van der Waals surface area contributed by atoms with E-state index < -0.39 is 6.10 Å². The number of piperidine rings is 1. The molecule has 2 aliphatic heterocycles. The second kappa shape index (κ2) is 9.10. The van der Waals surface area contributed by atoms with E-state index in [-0.39, 0.29) is 23.3 Å². The van der Waals surface area contributed by atoms with Gasteiger partial charge >= 0.3 is 0 Å². The summed E-state index contributed by atoms with van der Waals surface area (Å²) >= 11 is 6.72. The molecule has 6 rings (SSSR count). The van der Waals surface area contributed by atoms with E-state index in [9.17, 15) is 9.90 Å². The van der Waals surface area contributed by atoms with Gasteiger partial charge in [-0.1, -0.05) is 11.6 Å². The van der Waals surface area contributed by atoms with Crippen LogP contribution >= 0.6 is 11.6 Å². The Morgan fingerprint density at radius 3 is 2.75 bits per heavy atom. The van der Waals surface area contributed by atoms with E-state index in [4.69, 9.17) is 16.3 Å². The summed E-state index contributed by atoms with van der Waals surface area (Å²) in [5.74, 6) is 1.02. The van der Waals surface area contributed by atoms with Gasteiger partial charge in [-0.3, -0.25) is 14.4 Å². The van der Waals surface area contributed by atoms with Gasteiger partial charge in [-0.2, -0.15) is 5.10 Å². The monoisotopic (exact) mass is 509 g/mol. The van der Waals surface area contributed by atoms with Gasteiger partial charge in [0.15, 0.2) is 0 Å². The first-order valence-electron chi connectivity index (χ1n) is 12.7. The largest absolute Gasteiger partial charge is 0.389 e. The lowest BCUT2D eigenvalue weighted by Gasteiger charge is -2.43. The summed E-state index contributed by atoms with van der Waals surface area (Å²) in [6.45, 7) is 4.86. The van der Waals surface area contributed by atoms with Crippen molar-refractivity contribution in [2.24, 2.45) is 13.0 Å². The van der Waals surface area contributed by atoms with E-state index in [2.05, 4.69) is 33.3 Å². The van der Waals surface area contributed by atoms with Crippen LogP contribution in [0.4, 0.5) is 5.82 Å². The van der Waals surface area contributed by atoms with Crippen molar-refractivity contribution in [2.75, 3.05) is 31.6 Å². The van der Waals surface area contributed by atoms with Gasteiger partial charge in [-0.05, 0) is 80.4 Å². The Morgan fingerprint density at radius 1 is 1.25 bits per heavy atom. The fraction of sp³-hybridized carbons (Fsp3) is 0.519. The lowest BCUT2D eigenvalue weighted by atomic mass is 9.85. The Morgan fingerprint density at radius 2 is 2.06 bits per heavy atom.